The Hall–Kier alpha value is -1.36. The molecule has 0 unspecified atom stereocenters. The van der Waals surface area contributed by atoms with E-state index in [1.807, 2.05) is 7.05 Å². The zero-order valence-corrected chi connectivity index (χ0v) is 11.6. The monoisotopic (exact) mass is 262 g/mol. The van der Waals surface area contributed by atoms with Gasteiger partial charge in [-0.25, -0.2) is 4.98 Å². The molecule has 0 atom stereocenters. The van der Waals surface area contributed by atoms with E-state index in [0.29, 0.717) is 5.95 Å². The van der Waals surface area contributed by atoms with Crippen LogP contribution in [-0.4, -0.2) is 23.6 Å². The molecule has 2 heterocycles. The lowest BCUT2D eigenvalue weighted by Gasteiger charge is -2.07. The molecule has 1 aliphatic rings. The number of anilines is 2. The smallest absolute Gasteiger partial charge is 0.225 e. The molecule has 0 radical (unpaired) electrons. The third kappa shape index (κ3) is 2.27. The molecule has 0 bridgehead atoms. The number of nitrogens with one attached hydrogen (secondary N) is 2. The fourth-order valence-corrected chi connectivity index (χ4v) is 2.92. The van der Waals surface area contributed by atoms with E-state index in [9.17, 15) is 0 Å². The minimum atomic E-state index is 0.699. The molecule has 0 spiro atoms. The Morgan fingerprint density at radius 2 is 2.22 bits per heavy atom. The van der Waals surface area contributed by atoms with E-state index >= 15 is 0 Å². The molecule has 4 nitrogen and oxygen atoms in total. The first kappa shape index (κ1) is 11.7. The van der Waals surface area contributed by atoms with Crippen LogP contribution in [-0.2, 0) is 6.42 Å². The number of nitrogens with zero attached hydrogens (tertiary/aromatic N) is 2. The summed E-state index contributed by atoms with van der Waals surface area (Å²) in [7, 11) is 1.86. The second-order valence-electron chi connectivity index (χ2n) is 4.76. The average Bonchev–Trinajstić information content (AvgIpc) is 3.13. The molecule has 0 saturated heterocycles. The maximum absolute atomic E-state index is 4.54. The van der Waals surface area contributed by atoms with Gasteiger partial charge in [-0.15, -0.1) is 11.3 Å². The van der Waals surface area contributed by atoms with Gasteiger partial charge in [0.15, 0.2) is 0 Å². The van der Waals surface area contributed by atoms with Gasteiger partial charge in [-0.1, -0.05) is 6.92 Å². The molecule has 0 amide bonds. The Kier molecular flexibility index (Phi) is 3.07. The quantitative estimate of drug-likeness (QED) is 0.869. The van der Waals surface area contributed by atoms with E-state index in [2.05, 4.69) is 33.6 Å². The van der Waals surface area contributed by atoms with Crippen LogP contribution in [0.5, 0.6) is 0 Å². The van der Waals surface area contributed by atoms with Crippen molar-refractivity contribution in [3.05, 3.63) is 10.9 Å². The largest absolute Gasteiger partial charge is 0.369 e. The minimum absolute atomic E-state index is 0.699. The number of aromatic nitrogens is 2. The second kappa shape index (κ2) is 4.72. The van der Waals surface area contributed by atoms with Crippen LogP contribution in [0.15, 0.2) is 6.07 Å². The predicted octanol–water partition coefficient (Wildman–Crippen LogP) is 3.12. The van der Waals surface area contributed by atoms with Crippen molar-refractivity contribution >= 4 is 33.3 Å². The van der Waals surface area contributed by atoms with Crippen LogP contribution in [0, 0.1) is 5.92 Å². The summed E-state index contributed by atoms with van der Waals surface area (Å²) in [5.41, 5.74) is 0. The molecule has 2 N–H and O–H groups in total. The number of fused-ring (bicyclic) bond motifs is 1. The van der Waals surface area contributed by atoms with Crippen LogP contribution >= 0.6 is 11.3 Å². The summed E-state index contributed by atoms with van der Waals surface area (Å²) in [4.78, 5) is 11.5. The topological polar surface area (TPSA) is 49.8 Å². The summed E-state index contributed by atoms with van der Waals surface area (Å²) < 4.78 is 0. The Morgan fingerprint density at radius 1 is 1.39 bits per heavy atom. The van der Waals surface area contributed by atoms with Crippen molar-refractivity contribution in [2.45, 2.75) is 26.2 Å². The Labute approximate surface area is 111 Å². The van der Waals surface area contributed by atoms with Crippen molar-refractivity contribution in [1.29, 1.82) is 0 Å². The summed E-state index contributed by atoms with van der Waals surface area (Å²) in [5.74, 6) is 2.52. The number of thiophene rings is 1. The summed E-state index contributed by atoms with van der Waals surface area (Å²) in [6.45, 7) is 3.21. The molecular weight excluding hydrogens is 244 g/mol. The molecule has 96 valence electrons. The van der Waals surface area contributed by atoms with Gasteiger partial charge in [0.05, 0.1) is 5.39 Å². The van der Waals surface area contributed by atoms with Gasteiger partial charge in [-0.3, -0.25) is 0 Å². The van der Waals surface area contributed by atoms with Gasteiger partial charge < -0.3 is 10.6 Å². The average molecular weight is 262 g/mol. The number of rotatable bonds is 5. The third-order valence-corrected chi connectivity index (χ3v) is 4.44. The fourth-order valence-electron chi connectivity index (χ4n) is 1.96. The van der Waals surface area contributed by atoms with Crippen LogP contribution in [0.2, 0.25) is 0 Å². The molecule has 18 heavy (non-hydrogen) atoms. The predicted molar refractivity (Wildman–Crippen MR) is 77.6 cm³/mol. The van der Waals surface area contributed by atoms with E-state index in [1.165, 1.54) is 17.7 Å². The molecule has 2 aromatic rings. The van der Waals surface area contributed by atoms with Gasteiger partial charge in [-0.2, -0.15) is 4.98 Å². The Balaban J connectivity index is 1.98. The highest BCUT2D eigenvalue weighted by Gasteiger charge is 2.21. The lowest BCUT2D eigenvalue weighted by Crippen LogP contribution is -2.07. The van der Waals surface area contributed by atoms with Gasteiger partial charge in [-0.05, 0) is 31.2 Å². The van der Waals surface area contributed by atoms with E-state index in [0.717, 1.165) is 34.9 Å². The molecule has 5 heteroatoms. The van der Waals surface area contributed by atoms with E-state index in [1.54, 1.807) is 11.3 Å². The first-order valence-electron chi connectivity index (χ1n) is 6.52. The molecule has 1 aliphatic carbocycles. The van der Waals surface area contributed by atoms with E-state index in [4.69, 9.17) is 0 Å². The van der Waals surface area contributed by atoms with Crippen molar-refractivity contribution in [2.75, 3.05) is 24.2 Å². The van der Waals surface area contributed by atoms with Crippen LogP contribution in [0.1, 0.15) is 24.6 Å². The molecule has 2 aromatic heterocycles. The highest BCUT2D eigenvalue weighted by atomic mass is 32.1. The lowest BCUT2D eigenvalue weighted by atomic mass is 10.3. The lowest BCUT2D eigenvalue weighted by molar-refractivity contribution is 0.884. The normalized spacial score (nSPS) is 15.0. The zero-order valence-electron chi connectivity index (χ0n) is 10.8. The number of hydrogen-bond donors (Lipinski definition) is 2. The molecule has 0 aromatic carbocycles. The second-order valence-corrected chi connectivity index (χ2v) is 5.87. The summed E-state index contributed by atoms with van der Waals surface area (Å²) in [5, 5.41) is 7.68. The maximum atomic E-state index is 4.54. The van der Waals surface area contributed by atoms with Gasteiger partial charge >= 0.3 is 0 Å². The van der Waals surface area contributed by atoms with Gasteiger partial charge in [0.2, 0.25) is 5.95 Å². The Morgan fingerprint density at radius 3 is 2.89 bits per heavy atom. The van der Waals surface area contributed by atoms with E-state index < -0.39 is 0 Å². The van der Waals surface area contributed by atoms with Crippen LogP contribution in [0.25, 0.3) is 10.2 Å². The summed E-state index contributed by atoms with van der Waals surface area (Å²) >= 11 is 1.76. The molecule has 0 aliphatic heterocycles. The van der Waals surface area contributed by atoms with Crippen molar-refractivity contribution in [3.8, 4) is 0 Å². The SMILES string of the molecule is CCc1cc2c(NCC3CC3)nc(NC)nc2s1. The molecule has 1 saturated carbocycles. The molecular formula is C13H18N4S. The van der Waals surface area contributed by atoms with Gasteiger partial charge in [0.25, 0.3) is 0 Å². The van der Waals surface area contributed by atoms with Crippen molar-refractivity contribution in [3.63, 3.8) is 0 Å². The first-order valence-corrected chi connectivity index (χ1v) is 7.34. The van der Waals surface area contributed by atoms with Gasteiger partial charge in [0.1, 0.15) is 10.6 Å². The third-order valence-electron chi connectivity index (χ3n) is 3.27. The standard InChI is InChI=1S/C13H18N4S/c1-3-9-6-10-11(15-7-8-4-5-8)16-13(14-2)17-12(10)18-9/h6,8H,3-5,7H2,1-2H3,(H2,14,15,16,17). The minimum Gasteiger partial charge on any atom is -0.369 e. The highest BCUT2D eigenvalue weighted by Crippen LogP contribution is 2.32. The van der Waals surface area contributed by atoms with Crippen LogP contribution in [0.3, 0.4) is 0 Å². The van der Waals surface area contributed by atoms with E-state index in [-0.39, 0.29) is 0 Å². The summed E-state index contributed by atoms with van der Waals surface area (Å²) in [6, 6.07) is 2.22. The van der Waals surface area contributed by atoms with Crippen LogP contribution < -0.4 is 10.6 Å². The number of hydrogen-bond acceptors (Lipinski definition) is 5. The molecule has 3 rings (SSSR count). The highest BCUT2D eigenvalue weighted by molar-refractivity contribution is 7.18. The fraction of sp³-hybridized carbons (Fsp3) is 0.538. The van der Waals surface area contributed by atoms with Crippen molar-refractivity contribution in [1.82, 2.24) is 9.97 Å². The maximum Gasteiger partial charge on any atom is 0.225 e. The zero-order chi connectivity index (χ0) is 12.5. The van der Waals surface area contributed by atoms with Gasteiger partial charge in [0, 0.05) is 18.5 Å². The molecule has 1 fully saturated rings. The number of aryl methyl sites for hydroxylation is 1. The summed E-state index contributed by atoms with van der Waals surface area (Å²) in [6.07, 6.45) is 3.76. The first-order chi connectivity index (χ1) is 8.80. The van der Waals surface area contributed by atoms with Crippen molar-refractivity contribution in [2.24, 2.45) is 5.92 Å². The van der Waals surface area contributed by atoms with Crippen molar-refractivity contribution < 1.29 is 0 Å². The van der Waals surface area contributed by atoms with Crippen LogP contribution in [0.4, 0.5) is 11.8 Å². The Bertz CT molecular complexity index is 559.